The van der Waals surface area contributed by atoms with Crippen LogP contribution < -0.4 is 0 Å². The van der Waals surface area contributed by atoms with Crippen LogP contribution in [0.2, 0.25) is 0 Å². The van der Waals surface area contributed by atoms with E-state index in [0.29, 0.717) is 5.57 Å². The number of hydrogen-bond donors (Lipinski definition) is 1. The number of aliphatic carboxylic acids is 1. The summed E-state index contributed by atoms with van der Waals surface area (Å²) in [4.78, 5) is 10.5. The van der Waals surface area contributed by atoms with E-state index in [1.54, 1.807) is 6.92 Å². The molecule has 1 N–H and O–H groups in total. The second-order valence-corrected chi connectivity index (χ2v) is 2.80. The molecule has 0 aliphatic heterocycles. The van der Waals surface area contributed by atoms with Crippen LogP contribution in [-0.4, -0.2) is 11.1 Å². The molecule has 0 aromatic rings. The summed E-state index contributed by atoms with van der Waals surface area (Å²) in [5, 5.41) is 8.62. The Labute approximate surface area is 73.6 Å². The average molecular weight is 168 g/mol. The minimum atomic E-state index is -0.839. The highest BCUT2D eigenvalue weighted by Gasteiger charge is 2.01. The van der Waals surface area contributed by atoms with Crippen molar-refractivity contribution in [3.63, 3.8) is 0 Å². The van der Waals surface area contributed by atoms with Crippen molar-refractivity contribution in [2.45, 2.75) is 33.6 Å². The van der Waals surface area contributed by atoms with Gasteiger partial charge in [-0.05, 0) is 25.8 Å². The van der Waals surface area contributed by atoms with Crippen LogP contribution in [0.3, 0.4) is 0 Å². The summed E-state index contributed by atoms with van der Waals surface area (Å²) < 4.78 is 0. The zero-order valence-corrected chi connectivity index (χ0v) is 7.92. The summed E-state index contributed by atoms with van der Waals surface area (Å²) in [7, 11) is 0. The summed E-state index contributed by atoms with van der Waals surface area (Å²) in [6.45, 7) is 5.52. The van der Waals surface area contributed by atoms with E-state index in [-0.39, 0.29) is 0 Å². The van der Waals surface area contributed by atoms with Gasteiger partial charge >= 0.3 is 5.97 Å². The van der Waals surface area contributed by atoms with Crippen molar-refractivity contribution in [1.29, 1.82) is 0 Å². The number of carboxylic acid groups (broad SMARTS) is 1. The second-order valence-electron chi connectivity index (χ2n) is 2.80. The Hall–Kier alpha value is -1.05. The van der Waals surface area contributed by atoms with E-state index in [1.807, 2.05) is 19.1 Å². The average Bonchev–Trinajstić information content (AvgIpc) is 2.03. The largest absolute Gasteiger partial charge is 0.478 e. The van der Waals surface area contributed by atoms with Crippen LogP contribution in [0.1, 0.15) is 33.6 Å². The Morgan fingerprint density at radius 1 is 1.42 bits per heavy atom. The van der Waals surface area contributed by atoms with Gasteiger partial charge in [-0.1, -0.05) is 25.5 Å². The van der Waals surface area contributed by atoms with Gasteiger partial charge in [0, 0.05) is 5.57 Å². The predicted molar refractivity (Wildman–Crippen MR) is 50.1 cm³/mol. The van der Waals surface area contributed by atoms with Crippen LogP contribution in [0.4, 0.5) is 0 Å². The zero-order chi connectivity index (χ0) is 9.56. The SMILES string of the molecule is CCCC=CC(C)=C(C)C(=O)O. The molecule has 0 aliphatic carbocycles. The molecule has 0 saturated heterocycles. The van der Waals surface area contributed by atoms with Crippen LogP contribution in [0.5, 0.6) is 0 Å². The lowest BCUT2D eigenvalue weighted by molar-refractivity contribution is -0.132. The fourth-order valence-electron chi connectivity index (χ4n) is 0.720. The van der Waals surface area contributed by atoms with Crippen molar-refractivity contribution in [3.05, 3.63) is 23.3 Å². The third kappa shape index (κ3) is 3.96. The van der Waals surface area contributed by atoms with Crippen molar-refractivity contribution in [2.24, 2.45) is 0 Å². The third-order valence-corrected chi connectivity index (χ3v) is 1.74. The molecule has 0 fully saturated rings. The molecule has 12 heavy (non-hydrogen) atoms. The third-order valence-electron chi connectivity index (χ3n) is 1.74. The van der Waals surface area contributed by atoms with E-state index in [2.05, 4.69) is 6.92 Å². The van der Waals surface area contributed by atoms with Gasteiger partial charge in [-0.3, -0.25) is 0 Å². The van der Waals surface area contributed by atoms with Gasteiger partial charge in [0.2, 0.25) is 0 Å². The monoisotopic (exact) mass is 168 g/mol. The van der Waals surface area contributed by atoms with Gasteiger partial charge in [0.1, 0.15) is 0 Å². The van der Waals surface area contributed by atoms with Crippen LogP contribution in [0, 0.1) is 0 Å². The smallest absolute Gasteiger partial charge is 0.331 e. The van der Waals surface area contributed by atoms with E-state index in [4.69, 9.17) is 5.11 Å². The number of unbranched alkanes of at least 4 members (excludes halogenated alkanes) is 1. The molecule has 0 atom stereocenters. The summed E-state index contributed by atoms with van der Waals surface area (Å²) in [6, 6.07) is 0. The fraction of sp³-hybridized carbons (Fsp3) is 0.500. The molecule has 68 valence electrons. The Bertz CT molecular complexity index is 212. The quantitative estimate of drug-likeness (QED) is 0.517. The predicted octanol–water partition coefficient (Wildman–Crippen LogP) is 2.76. The second kappa shape index (κ2) is 5.58. The van der Waals surface area contributed by atoms with Crippen molar-refractivity contribution >= 4 is 5.97 Å². The normalized spacial score (nSPS) is 13.2. The number of carboxylic acids is 1. The number of allylic oxidation sites excluding steroid dienone is 3. The molecule has 0 saturated carbocycles. The summed E-state index contributed by atoms with van der Waals surface area (Å²) >= 11 is 0. The molecule has 0 aromatic heterocycles. The molecule has 0 unspecified atom stereocenters. The Balaban J connectivity index is 4.26. The van der Waals surface area contributed by atoms with E-state index in [0.717, 1.165) is 18.4 Å². The van der Waals surface area contributed by atoms with Gasteiger partial charge in [0.05, 0.1) is 0 Å². The molecule has 2 heteroatoms. The lowest BCUT2D eigenvalue weighted by Crippen LogP contribution is -1.97. The van der Waals surface area contributed by atoms with Gasteiger partial charge in [-0.15, -0.1) is 0 Å². The van der Waals surface area contributed by atoms with Crippen LogP contribution in [-0.2, 0) is 4.79 Å². The van der Waals surface area contributed by atoms with E-state index >= 15 is 0 Å². The first-order chi connectivity index (χ1) is 5.59. The van der Waals surface area contributed by atoms with Gasteiger partial charge in [-0.25, -0.2) is 4.79 Å². The summed E-state index contributed by atoms with van der Waals surface area (Å²) in [6.07, 6.45) is 5.97. The maximum Gasteiger partial charge on any atom is 0.331 e. The van der Waals surface area contributed by atoms with Crippen molar-refractivity contribution in [1.82, 2.24) is 0 Å². The molecule has 0 spiro atoms. The minimum absolute atomic E-state index is 0.419. The standard InChI is InChI=1S/C10H16O2/c1-4-5-6-7-8(2)9(3)10(11)12/h6-7H,4-5H2,1-3H3,(H,11,12). The molecule has 0 radical (unpaired) electrons. The van der Waals surface area contributed by atoms with E-state index in [1.165, 1.54) is 0 Å². The van der Waals surface area contributed by atoms with E-state index in [9.17, 15) is 4.79 Å². The van der Waals surface area contributed by atoms with Crippen molar-refractivity contribution in [3.8, 4) is 0 Å². The highest BCUT2D eigenvalue weighted by atomic mass is 16.4. The number of carbonyl (C=O) groups is 1. The van der Waals surface area contributed by atoms with Crippen molar-refractivity contribution in [2.75, 3.05) is 0 Å². The molecule has 0 aromatic carbocycles. The van der Waals surface area contributed by atoms with Gasteiger partial charge in [0.25, 0.3) is 0 Å². The van der Waals surface area contributed by atoms with Crippen LogP contribution in [0.25, 0.3) is 0 Å². The Morgan fingerprint density at radius 3 is 2.42 bits per heavy atom. The fourth-order valence-corrected chi connectivity index (χ4v) is 0.720. The highest BCUT2D eigenvalue weighted by molar-refractivity contribution is 5.87. The molecule has 0 heterocycles. The molecule has 0 bridgehead atoms. The van der Waals surface area contributed by atoms with Crippen molar-refractivity contribution < 1.29 is 9.90 Å². The lowest BCUT2D eigenvalue weighted by atomic mass is 10.1. The van der Waals surface area contributed by atoms with Crippen LogP contribution >= 0.6 is 0 Å². The van der Waals surface area contributed by atoms with Gasteiger partial charge < -0.3 is 5.11 Å². The first kappa shape index (κ1) is 11.0. The molecule has 0 aliphatic rings. The molecule has 0 rings (SSSR count). The minimum Gasteiger partial charge on any atom is -0.478 e. The molecular formula is C10H16O2. The molecule has 2 nitrogen and oxygen atoms in total. The molecule has 0 amide bonds. The molecular weight excluding hydrogens is 152 g/mol. The first-order valence-electron chi connectivity index (χ1n) is 4.17. The highest BCUT2D eigenvalue weighted by Crippen LogP contribution is 2.05. The van der Waals surface area contributed by atoms with Gasteiger partial charge in [0.15, 0.2) is 0 Å². The summed E-state index contributed by atoms with van der Waals surface area (Å²) in [5.41, 5.74) is 1.25. The van der Waals surface area contributed by atoms with E-state index < -0.39 is 5.97 Å². The van der Waals surface area contributed by atoms with Crippen LogP contribution in [0.15, 0.2) is 23.3 Å². The summed E-state index contributed by atoms with van der Waals surface area (Å²) in [5.74, 6) is -0.839. The Kier molecular flexibility index (Phi) is 5.09. The topological polar surface area (TPSA) is 37.3 Å². The lowest BCUT2D eigenvalue weighted by Gasteiger charge is -1.96. The number of rotatable bonds is 4. The maximum atomic E-state index is 10.5. The maximum absolute atomic E-state index is 10.5. The van der Waals surface area contributed by atoms with Gasteiger partial charge in [-0.2, -0.15) is 0 Å². The Morgan fingerprint density at radius 2 is 2.00 bits per heavy atom. The number of hydrogen-bond acceptors (Lipinski definition) is 1. The zero-order valence-electron chi connectivity index (χ0n) is 7.92. The first-order valence-corrected chi connectivity index (χ1v) is 4.17.